The van der Waals surface area contributed by atoms with Crippen LogP contribution in [0.25, 0.3) is 33.5 Å². The monoisotopic (exact) mass is 440 g/mol. The van der Waals surface area contributed by atoms with Gasteiger partial charge in [-0.05, 0) is 38.0 Å². The summed E-state index contributed by atoms with van der Waals surface area (Å²) in [6, 6.07) is 15.2. The Morgan fingerprint density at radius 3 is 2.40 bits per heavy atom. The van der Waals surface area contributed by atoms with Crippen molar-refractivity contribution >= 4 is 32.3 Å². The zero-order valence-electron chi connectivity index (χ0n) is 16.6. The largest absolute Gasteiger partial charge is 0.493 e. The molecule has 0 radical (unpaired) electrons. The summed E-state index contributed by atoms with van der Waals surface area (Å²) in [5, 5.41) is 12.8. The van der Waals surface area contributed by atoms with Gasteiger partial charge in [-0.3, -0.25) is 0 Å². The molecule has 0 atom stereocenters. The van der Waals surface area contributed by atoms with Crippen LogP contribution in [0.4, 0.5) is 0 Å². The molecule has 7 nitrogen and oxygen atoms in total. The number of fused-ring (bicyclic) bond motifs is 1. The molecule has 9 heteroatoms. The number of aromatic hydroxyl groups is 1. The average molecular weight is 441 g/mol. The maximum absolute atomic E-state index is 12.5. The molecule has 0 aliphatic rings. The van der Waals surface area contributed by atoms with Crippen LogP contribution in [-0.2, 0) is 10.0 Å². The van der Waals surface area contributed by atoms with Crippen LogP contribution in [0.15, 0.2) is 58.3 Å². The number of hydrogen-bond acceptors (Lipinski definition) is 7. The fourth-order valence-electron chi connectivity index (χ4n) is 3.07. The summed E-state index contributed by atoms with van der Waals surface area (Å²) in [4.78, 5) is 12.9. The van der Waals surface area contributed by atoms with Crippen molar-refractivity contribution in [1.29, 1.82) is 0 Å². The molecule has 0 bridgehead atoms. The molecule has 0 fully saturated rings. The predicted octanol–water partition coefficient (Wildman–Crippen LogP) is 4.20. The van der Waals surface area contributed by atoms with Gasteiger partial charge in [-0.1, -0.05) is 42.5 Å². The van der Waals surface area contributed by atoms with E-state index in [-0.39, 0.29) is 21.7 Å². The third-order valence-electron chi connectivity index (χ3n) is 4.17. The Labute approximate surface area is 178 Å². The summed E-state index contributed by atoms with van der Waals surface area (Å²) in [6.45, 7) is 5.27. The van der Waals surface area contributed by atoms with Gasteiger partial charge in [0.2, 0.25) is 10.2 Å². The highest BCUT2D eigenvalue weighted by Gasteiger charge is 2.26. The van der Waals surface area contributed by atoms with Crippen LogP contribution in [-0.4, -0.2) is 34.0 Å². The molecule has 4 aromatic rings. The molecule has 0 amide bonds. The molecule has 2 aromatic carbocycles. The Morgan fingerprint density at radius 1 is 0.967 bits per heavy atom. The lowest BCUT2D eigenvalue weighted by molar-refractivity contribution is 0.460. The van der Waals surface area contributed by atoms with Crippen LogP contribution >= 0.6 is 11.3 Å². The normalized spacial score (nSPS) is 12.4. The maximum atomic E-state index is 12.5. The minimum Gasteiger partial charge on any atom is -0.493 e. The Hall–Kier alpha value is -2.88. The van der Waals surface area contributed by atoms with E-state index in [1.54, 1.807) is 32.2 Å². The van der Waals surface area contributed by atoms with E-state index in [9.17, 15) is 13.5 Å². The zero-order chi connectivity index (χ0) is 21.5. The van der Waals surface area contributed by atoms with E-state index in [2.05, 4.69) is 19.7 Å². The van der Waals surface area contributed by atoms with Crippen LogP contribution in [0, 0.1) is 0 Å². The Bertz CT molecular complexity index is 1330. The number of sulfonamides is 1. The molecule has 4 rings (SSSR count). The molecule has 0 aliphatic carbocycles. The topological polar surface area (TPSA) is 105 Å². The fraction of sp³-hybridized carbons (Fsp3) is 0.190. The van der Waals surface area contributed by atoms with Crippen molar-refractivity contribution in [3.05, 3.63) is 53.9 Å². The maximum Gasteiger partial charge on any atom is 0.268 e. The number of benzene rings is 2. The van der Waals surface area contributed by atoms with Gasteiger partial charge in [0.15, 0.2) is 5.82 Å². The van der Waals surface area contributed by atoms with Crippen LogP contribution in [0.2, 0.25) is 0 Å². The standard InChI is InChI=1S/C21H20N4O3S2/c1-21(2,3)25-30(27,28)20-23-16(12-29-20)18-22-15-11-7-10-14(17(15)19(26)24-18)13-8-5-4-6-9-13/h4-12,25H,1-3H3,(H,22,24,26). The second-order valence-electron chi connectivity index (χ2n) is 7.79. The summed E-state index contributed by atoms with van der Waals surface area (Å²) in [5.41, 5.74) is 1.95. The van der Waals surface area contributed by atoms with Gasteiger partial charge in [0, 0.05) is 10.9 Å². The Kier molecular flexibility index (Phi) is 5.05. The van der Waals surface area contributed by atoms with E-state index >= 15 is 0 Å². The second kappa shape index (κ2) is 7.42. The highest BCUT2D eigenvalue weighted by atomic mass is 32.2. The molecule has 0 unspecified atom stereocenters. The molecule has 0 spiro atoms. The second-order valence-corrected chi connectivity index (χ2v) is 10.5. The van der Waals surface area contributed by atoms with E-state index in [4.69, 9.17) is 0 Å². The molecule has 154 valence electrons. The molecular weight excluding hydrogens is 420 g/mol. The quantitative estimate of drug-likeness (QED) is 0.493. The van der Waals surface area contributed by atoms with Gasteiger partial charge in [0.05, 0.1) is 10.9 Å². The lowest BCUT2D eigenvalue weighted by Gasteiger charge is -2.18. The summed E-state index contributed by atoms with van der Waals surface area (Å²) < 4.78 is 27.5. The van der Waals surface area contributed by atoms with Gasteiger partial charge < -0.3 is 5.11 Å². The van der Waals surface area contributed by atoms with Crippen molar-refractivity contribution in [1.82, 2.24) is 19.7 Å². The molecule has 0 aliphatic heterocycles. The molecule has 30 heavy (non-hydrogen) atoms. The first-order valence-corrected chi connectivity index (χ1v) is 11.6. The van der Waals surface area contributed by atoms with Crippen LogP contribution in [0.1, 0.15) is 20.8 Å². The van der Waals surface area contributed by atoms with Crippen molar-refractivity contribution in [2.75, 3.05) is 0 Å². The van der Waals surface area contributed by atoms with Gasteiger partial charge in [-0.25, -0.2) is 23.1 Å². The number of hydrogen-bond donors (Lipinski definition) is 2. The van der Waals surface area contributed by atoms with Gasteiger partial charge in [0.1, 0.15) is 5.69 Å². The number of aromatic nitrogens is 3. The first kappa shape index (κ1) is 20.4. The van der Waals surface area contributed by atoms with Crippen molar-refractivity contribution < 1.29 is 13.5 Å². The summed E-state index contributed by atoms with van der Waals surface area (Å²) >= 11 is 0.980. The molecular formula is C21H20N4O3S2. The SMILES string of the molecule is CC(C)(C)NS(=O)(=O)c1nc(-c2nc(O)c3c(-c4ccccc4)cccc3n2)cs1. The van der Waals surface area contributed by atoms with Crippen LogP contribution < -0.4 is 4.72 Å². The minimum atomic E-state index is -3.76. The summed E-state index contributed by atoms with van der Waals surface area (Å²) in [5.74, 6) is -0.0154. The molecule has 2 N–H and O–H groups in total. The molecule has 0 saturated heterocycles. The van der Waals surface area contributed by atoms with Gasteiger partial charge >= 0.3 is 0 Å². The Balaban J connectivity index is 1.78. The third kappa shape index (κ3) is 4.04. The van der Waals surface area contributed by atoms with Gasteiger partial charge in [0.25, 0.3) is 10.0 Å². The van der Waals surface area contributed by atoms with Crippen molar-refractivity contribution in [3.63, 3.8) is 0 Å². The van der Waals surface area contributed by atoms with E-state index in [0.29, 0.717) is 10.9 Å². The Morgan fingerprint density at radius 2 is 1.70 bits per heavy atom. The number of nitrogens with zero attached hydrogens (tertiary/aromatic N) is 3. The van der Waals surface area contributed by atoms with E-state index in [1.165, 1.54) is 0 Å². The smallest absolute Gasteiger partial charge is 0.268 e. The summed E-state index contributed by atoms with van der Waals surface area (Å²) in [6.07, 6.45) is 0. The van der Waals surface area contributed by atoms with E-state index in [1.807, 2.05) is 42.5 Å². The number of nitrogens with one attached hydrogen (secondary N) is 1. The first-order chi connectivity index (χ1) is 14.1. The number of thiazole rings is 1. The zero-order valence-corrected chi connectivity index (χ0v) is 18.3. The number of rotatable bonds is 4. The third-order valence-corrected chi connectivity index (χ3v) is 7.18. The lowest BCUT2D eigenvalue weighted by atomic mass is 10.0. The van der Waals surface area contributed by atoms with Crippen LogP contribution in [0.5, 0.6) is 5.88 Å². The van der Waals surface area contributed by atoms with Crippen LogP contribution in [0.3, 0.4) is 0 Å². The van der Waals surface area contributed by atoms with Gasteiger partial charge in [-0.2, -0.15) is 4.98 Å². The van der Waals surface area contributed by atoms with Crippen molar-refractivity contribution in [2.45, 2.75) is 30.6 Å². The van der Waals surface area contributed by atoms with Crippen molar-refractivity contribution in [2.24, 2.45) is 0 Å². The molecule has 0 saturated carbocycles. The van der Waals surface area contributed by atoms with E-state index in [0.717, 1.165) is 22.5 Å². The first-order valence-electron chi connectivity index (χ1n) is 9.19. The van der Waals surface area contributed by atoms with Crippen molar-refractivity contribution in [3.8, 4) is 28.5 Å². The predicted molar refractivity (Wildman–Crippen MR) is 118 cm³/mol. The fourth-order valence-corrected chi connectivity index (χ4v) is 5.48. The average Bonchev–Trinajstić information content (AvgIpc) is 3.18. The highest BCUT2D eigenvalue weighted by molar-refractivity contribution is 7.91. The lowest BCUT2D eigenvalue weighted by Crippen LogP contribution is -2.40. The minimum absolute atomic E-state index is 0.0753. The van der Waals surface area contributed by atoms with E-state index < -0.39 is 15.6 Å². The molecule has 2 heterocycles. The highest BCUT2D eigenvalue weighted by Crippen LogP contribution is 2.34. The summed E-state index contributed by atoms with van der Waals surface area (Å²) in [7, 11) is -3.76. The molecule has 2 aromatic heterocycles. The van der Waals surface area contributed by atoms with Gasteiger partial charge in [-0.15, -0.1) is 11.3 Å².